The van der Waals surface area contributed by atoms with Crippen molar-refractivity contribution in [3.8, 4) is 0 Å². The van der Waals surface area contributed by atoms with Crippen molar-refractivity contribution in [1.29, 1.82) is 0 Å². The maximum atomic E-state index is 12.9. The molecule has 0 saturated carbocycles. The summed E-state index contributed by atoms with van der Waals surface area (Å²) in [5.41, 5.74) is 3.69. The van der Waals surface area contributed by atoms with Crippen LogP contribution < -0.4 is 5.73 Å². The molecule has 136 valence electrons. The van der Waals surface area contributed by atoms with Gasteiger partial charge in [-0.05, 0) is 12.0 Å². The second-order valence-electron chi connectivity index (χ2n) is 5.98. The molecule has 0 spiro atoms. The number of rotatable bonds is 4. The van der Waals surface area contributed by atoms with Gasteiger partial charge in [-0.15, -0.1) is 13.2 Å². The Labute approximate surface area is 141 Å². The zero-order valence-corrected chi connectivity index (χ0v) is 13.2. The lowest BCUT2D eigenvalue weighted by Gasteiger charge is -2.42. The van der Waals surface area contributed by atoms with E-state index in [4.69, 9.17) is 10.5 Å². The summed E-state index contributed by atoms with van der Waals surface area (Å²) in [7, 11) is 0. The van der Waals surface area contributed by atoms with Crippen molar-refractivity contribution in [2.24, 2.45) is 5.73 Å². The lowest BCUT2D eigenvalue weighted by molar-refractivity contribution is -0.348. The predicted octanol–water partition coefficient (Wildman–Crippen LogP) is 1.29. The molecule has 0 aromatic heterocycles. The Hall–Kier alpha value is -2.13. The molecule has 1 aromatic carbocycles. The number of nitrogens with zero attached hydrogens (tertiary/aromatic N) is 1. The summed E-state index contributed by atoms with van der Waals surface area (Å²) in [6.07, 6.45) is -7.09. The first kappa shape index (κ1) is 17.7. The van der Waals surface area contributed by atoms with E-state index >= 15 is 0 Å². The molecule has 2 amide bonds. The van der Waals surface area contributed by atoms with E-state index in [0.29, 0.717) is 13.0 Å². The fraction of sp³-hybridized carbons (Fsp3) is 0.500. The van der Waals surface area contributed by atoms with Crippen LogP contribution in [0.2, 0.25) is 0 Å². The number of carbonyl (C=O) groups is 2. The molecule has 2 aliphatic heterocycles. The fourth-order valence-corrected chi connectivity index (χ4v) is 3.47. The monoisotopic (exact) mass is 358 g/mol. The van der Waals surface area contributed by atoms with Gasteiger partial charge in [0.05, 0.1) is 6.61 Å². The van der Waals surface area contributed by atoms with Crippen LogP contribution in [0, 0.1) is 0 Å². The third-order valence-electron chi connectivity index (χ3n) is 4.61. The number of halogens is 3. The highest BCUT2D eigenvalue weighted by molar-refractivity contribution is 5.94. The largest absolute Gasteiger partial charge is 0.522 e. The quantitative estimate of drug-likeness (QED) is 0.880. The molecule has 2 N–H and O–H groups in total. The van der Waals surface area contributed by atoms with E-state index in [1.165, 1.54) is 12.1 Å². The number of nitrogens with two attached hydrogens (primary N) is 1. The van der Waals surface area contributed by atoms with Crippen LogP contribution in [0.25, 0.3) is 0 Å². The van der Waals surface area contributed by atoms with Crippen molar-refractivity contribution in [2.45, 2.75) is 37.0 Å². The Morgan fingerprint density at radius 1 is 1.24 bits per heavy atom. The molecule has 2 fully saturated rings. The molecule has 0 radical (unpaired) electrons. The van der Waals surface area contributed by atoms with Crippen molar-refractivity contribution >= 4 is 11.8 Å². The van der Waals surface area contributed by atoms with Crippen LogP contribution in [0.4, 0.5) is 13.2 Å². The third-order valence-corrected chi connectivity index (χ3v) is 4.61. The zero-order valence-electron chi connectivity index (χ0n) is 13.2. The van der Waals surface area contributed by atoms with Gasteiger partial charge in [0, 0.05) is 13.0 Å². The number of ether oxygens (including phenoxy) is 2. The summed E-state index contributed by atoms with van der Waals surface area (Å²) in [5, 5.41) is 0. The zero-order chi connectivity index (χ0) is 18.2. The van der Waals surface area contributed by atoms with Crippen molar-refractivity contribution in [3.05, 3.63) is 35.9 Å². The average molecular weight is 358 g/mol. The first-order valence-electron chi connectivity index (χ1n) is 7.80. The lowest BCUT2D eigenvalue weighted by atomic mass is 9.83. The van der Waals surface area contributed by atoms with Gasteiger partial charge in [0.15, 0.2) is 5.54 Å². The number of carbonyl (C=O) groups excluding carboxylic acids is 2. The first-order chi connectivity index (χ1) is 11.8. The minimum absolute atomic E-state index is 0.0860. The summed E-state index contributed by atoms with van der Waals surface area (Å²) in [6.45, 7) is 0.304. The van der Waals surface area contributed by atoms with E-state index in [1.54, 1.807) is 18.2 Å². The summed E-state index contributed by atoms with van der Waals surface area (Å²) in [6, 6.07) is 7.69. The molecule has 3 rings (SSSR count). The number of primary amides is 1. The SMILES string of the molecule is NC(=O)C1(c2ccccc2)C(OC(F)(F)F)CCN1C(=O)C1CCO1. The summed E-state index contributed by atoms with van der Waals surface area (Å²) in [4.78, 5) is 26.2. The van der Waals surface area contributed by atoms with Crippen LogP contribution in [-0.4, -0.2) is 48.4 Å². The van der Waals surface area contributed by atoms with Gasteiger partial charge in [0.2, 0.25) is 0 Å². The Morgan fingerprint density at radius 2 is 1.88 bits per heavy atom. The molecular formula is C16H17F3N2O4. The molecular weight excluding hydrogens is 341 g/mol. The van der Waals surface area contributed by atoms with E-state index in [9.17, 15) is 22.8 Å². The van der Waals surface area contributed by atoms with Crippen LogP contribution in [0.5, 0.6) is 0 Å². The maximum absolute atomic E-state index is 12.9. The Balaban J connectivity index is 2.08. The molecule has 6 nitrogen and oxygen atoms in total. The molecule has 25 heavy (non-hydrogen) atoms. The fourth-order valence-electron chi connectivity index (χ4n) is 3.47. The number of benzene rings is 1. The van der Waals surface area contributed by atoms with Crippen LogP contribution in [0.3, 0.4) is 0 Å². The van der Waals surface area contributed by atoms with Crippen LogP contribution in [-0.2, 0) is 24.6 Å². The van der Waals surface area contributed by atoms with Crippen molar-refractivity contribution in [3.63, 3.8) is 0 Å². The summed E-state index contributed by atoms with van der Waals surface area (Å²) < 4.78 is 48.0. The average Bonchev–Trinajstić information content (AvgIpc) is 2.84. The predicted molar refractivity (Wildman–Crippen MR) is 78.9 cm³/mol. The molecule has 0 bridgehead atoms. The standard InChI is InChI=1S/C16H17F3N2O4/c17-16(18,19)25-12-6-8-21(13(22)11-7-9-24-11)15(12,14(20)23)10-4-2-1-3-5-10/h1-5,11-12H,6-9H2,(H2,20,23). The van der Waals surface area contributed by atoms with Crippen LogP contribution in [0.15, 0.2) is 30.3 Å². The van der Waals surface area contributed by atoms with Gasteiger partial charge in [-0.1, -0.05) is 30.3 Å². The van der Waals surface area contributed by atoms with Gasteiger partial charge in [0.1, 0.15) is 12.2 Å². The van der Waals surface area contributed by atoms with Crippen molar-refractivity contribution in [1.82, 2.24) is 4.90 Å². The second kappa shape index (κ2) is 6.30. The van der Waals surface area contributed by atoms with E-state index in [1.807, 2.05) is 0 Å². The van der Waals surface area contributed by atoms with Gasteiger partial charge in [0.25, 0.3) is 11.8 Å². The molecule has 3 unspecified atom stereocenters. The summed E-state index contributed by atoms with van der Waals surface area (Å²) in [5.74, 6) is -1.62. The van der Waals surface area contributed by atoms with Gasteiger partial charge in [-0.2, -0.15) is 0 Å². The summed E-state index contributed by atoms with van der Waals surface area (Å²) >= 11 is 0. The van der Waals surface area contributed by atoms with Crippen molar-refractivity contribution < 1.29 is 32.2 Å². The minimum atomic E-state index is -4.97. The Bertz CT molecular complexity index is 663. The molecule has 2 heterocycles. The molecule has 1 aromatic rings. The first-order valence-corrected chi connectivity index (χ1v) is 7.80. The lowest BCUT2D eigenvalue weighted by Crippen LogP contribution is -2.62. The topological polar surface area (TPSA) is 81.9 Å². The highest BCUT2D eigenvalue weighted by atomic mass is 19.4. The van der Waals surface area contributed by atoms with E-state index < -0.39 is 35.9 Å². The molecule has 9 heteroatoms. The second-order valence-corrected chi connectivity index (χ2v) is 5.98. The van der Waals surface area contributed by atoms with Gasteiger partial charge in [-0.3, -0.25) is 14.3 Å². The van der Waals surface area contributed by atoms with Crippen LogP contribution >= 0.6 is 0 Å². The van der Waals surface area contributed by atoms with Gasteiger partial charge in [-0.25, -0.2) is 0 Å². The Kier molecular flexibility index (Phi) is 4.46. The smallest absolute Gasteiger partial charge is 0.368 e. The third kappa shape index (κ3) is 2.98. The highest BCUT2D eigenvalue weighted by Crippen LogP contribution is 2.44. The number of amides is 2. The maximum Gasteiger partial charge on any atom is 0.522 e. The number of alkyl halides is 3. The van der Waals surface area contributed by atoms with E-state index in [-0.39, 0.29) is 18.5 Å². The van der Waals surface area contributed by atoms with E-state index in [0.717, 1.165) is 4.90 Å². The Morgan fingerprint density at radius 3 is 2.36 bits per heavy atom. The molecule has 0 aliphatic carbocycles. The van der Waals surface area contributed by atoms with E-state index in [2.05, 4.69) is 4.74 Å². The number of hydrogen-bond donors (Lipinski definition) is 1. The van der Waals surface area contributed by atoms with Gasteiger partial charge < -0.3 is 15.4 Å². The number of likely N-dealkylation sites (tertiary alicyclic amines) is 1. The molecule has 2 aliphatic rings. The number of hydrogen-bond acceptors (Lipinski definition) is 4. The minimum Gasteiger partial charge on any atom is -0.368 e. The highest BCUT2D eigenvalue weighted by Gasteiger charge is 2.61. The van der Waals surface area contributed by atoms with Gasteiger partial charge >= 0.3 is 6.36 Å². The van der Waals surface area contributed by atoms with Crippen molar-refractivity contribution in [2.75, 3.05) is 13.2 Å². The normalized spacial score (nSPS) is 29.3. The van der Waals surface area contributed by atoms with Crippen LogP contribution in [0.1, 0.15) is 18.4 Å². The molecule has 3 atom stereocenters. The molecule has 2 saturated heterocycles.